The minimum absolute atomic E-state index is 0.149. The number of nitrogens with one attached hydrogen (secondary N) is 1. The van der Waals surface area contributed by atoms with Gasteiger partial charge in [0.15, 0.2) is 0 Å². The van der Waals surface area contributed by atoms with E-state index in [4.69, 9.17) is 0 Å². The maximum absolute atomic E-state index is 12.6. The molecule has 0 aromatic carbocycles. The quantitative estimate of drug-likeness (QED) is 0.927. The molecule has 0 radical (unpaired) electrons. The van der Waals surface area contributed by atoms with E-state index in [9.17, 15) is 4.79 Å². The minimum atomic E-state index is 0.149. The number of hydrogen-bond acceptors (Lipinski definition) is 4. The molecule has 2 aliphatic heterocycles. The summed E-state index contributed by atoms with van der Waals surface area (Å²) in [5.74, 6) is 0.149. The second-order valence-electron chi connectivity index (χ2n) is 6.05. The first-order chi connectivity index (χ1) is 9.67. The summed E-state index contributed by atoms with van der Waals surface area (Å²) >= 11 is 1.56. The number of thiazole rings is 1. The molecule has 2 saturated heterocycles. The molecule has 0 spiro atoms. The molecule has 1 amide bonds. The number of hydrogen-bond donors (Lipinski definition) is 1. The summed E-state index contributed by atoms with van der Waals surface area (Å²) in [6, 6.07) is 1.62. The molecule has 1 aromatic heterocycles. The highest BCUT2D eigenvalue weighted by Gasteiger charge is 2.36. The molecule has 5 heteroatoms. The third kappa shape index (κ3) is 2.74. The summed E-state index contributed by atoms with van der Waals surface area (Å²) < 4.78 is 0. The van der Waals surface area contributed by atoms with Crippen molar-refractivity contribution in [2.24, 2.45) is 0 Å². The number of carbonyl (C=O) groups is 1. The van der Waals surface area contributed by atoms with Gasteiger partial charge in [-0.2, -0.15) is 0 Å². The molecule has 2 atom stereocenters. The Kier molecular flexibility index (Phi) is 4.08. The molecule has 3 rings (SSSR count). The molecule has 4 nitrogen and oxygen atoms in total. The van der Waals surface area contributed by atoms with Crippen LogP contribution >= 0.6 is 11.3 Å². The lowest BCUT2D eigenvalue weighted by Crippen LogP contribution is -2.48. The van der Waals surface area contributed by atoms with Crippen molar-refractivity contribution in [1.82, 2.24) is 15.2 Å². The van der Waals surface area contributed by atoms with Crippen LogP contribution in [0.1, 0.15) is 53.7 Å². The van der Waals surface area contributed by atoms with Crippen LogP contribution in [-0.4, -0.2) is 41.0 Å². The van der Waals surface area contributed by atoms with Gasteiger partial charge in [-0.3, -0.25) is 4.79 Å². The second kappa shape index (κ2) is 5.82. The molecule has 2 unspecified atom stereocenters. The van der Waals surface area contributed by atoms with E-state index in [2.05, 4.69) is 17.2 Å². The fraction of sp³-hybridized carbons (Fsp3) is 0.733. The van der Waals surface area contributed by atoms with Gasteiger partial charge in [-0.15, -0.1) is 11.3 Å². The van der Waals surface area contributed by atoms with E-state index >= 15 is 0 Å². The zero-order valence-electron chi connectivity index (χ0n) is 12.3. The number of aromatic nitrogens is 1. The third-order valence-corrected chi connectivity index (χ3v) is 5.59. The van der Waals surface area contributed by atoms with E-state index in [1.54, 1.807) is 17.5 Å². The van der Waals surface area contributed by atoms with E-state index in [0.29, 0.717) is 18.1 Å². The first-order valence-corrected chi connectivity index (χ1v) is 8.47. The maximum atomic E-state index is 12.6. The molecule has 20 heavy (non-hydrogen) atoms. The van der Waals surface area contributed by atoms with Crippen LogP contribution in [0.3, 0.4) is 0 Å². The number of aryl methyl sites for hydroxylation is 1. The molecule has 3 heterocycles. The minimum Gasteiger partial charge on any atom is -0.338 e. The van der Waals surface area contributed by atoms with Crippen LogP contribution in [0, 0.1) is 0 Å². The number of amides is 1. The van der Waals surface area contributed by atoms with Crippen molar-refractivity contribution in [3.8, 4) is 0 Å². The fourth-order valence-corrected chi connectivity index (χ4v) is 4.42. The van der Waals surface area contributed by atoms with Crippen LogP contribution in [0.25, 0.3) is 0 Å². The molecule has 0 aliphatic carbocycles. The van der Waals surface area contributed by atoms with Crippen molar-refractivity contribution in [3.63, 3.8) is 0 Å². The third-order valence-electron chi connectivity index (χ3n) is 4.54. The Hall–Kier alpha value is -0.940. The van der Waals surface area contributed by atoms with Crippen LogP contribution in [0.4, 0.5) is 0 Å². The first-order valence-electron chi connectivity index (χ1n) is 7.65. The number of fused-ring (bicyclic) bond motifs is 2. The van der Waals surface area contributed by atoms with E-state index in [-0.39, 0.29) is 5.91 Å². The lowest BCUT2D eigenvalue weighted by molar-refractivity contribution is 0.0686. The Bertz CT molecular complexity index is 475. The Morgan fingerprint density at radius 1 is 1.45 bits per heavy atom. The molecule has 110 valence electrons. The van der Waals surface area contributed by atoms with Gasteiger partial charge in [-0.1, -0.05) is 6.92 Å². The van der Waals surface area contributed by atoms with E-state index < -0.39 is 0 Å². The van der Waals surface area contributed by atoms with Gasteiger partial charge in [-0.05, 0) is 38.5 Å². The molecule has 1 aromatic rings. The topological polar surface area (TPSA) is 45.2 Å². The van der Waals surface area contributed by atoms with Gasteiger partial charge in [0.1, 0.15) is 4.88 Å². The van der Waals surface area contributed by atoms with Crippen molar-refractivity contribution in [2.45, 2.75) is 63.6 Å². The SMILES string of the molecule is CCCc1ncc(C(=O)N(C)C2CC3CCC(C2)N3)s1. The summed E-state index contributed by atoms with van der Waals surface area (Å²) in [5.41, 5.74) is 0. The molecular weight excluding hydrogens is 270 g/mol. The molecule has 2 bridgehead atoms. The van der Waals surface area contributed by atoms with Crippen LogP contribution in [-0.2, 0) is 6.42 Å². The lowest BCUT2D eigenvalue weighted by atomic mass is 9.98. The number of rotatable bonds is 4. The average Bonchev–Trinajstić information content (AvgIpc) is 3.04. The van der Waals surface area contributed by atoms with E-state index in [1.165, 1.54) is 12.8 Å². The van der Waals surface area contributed by atoms with Crippen LogP contribution < -0.4 is 5.32 Å². The highest BCUT2D eigenvalue weighted by molar-refractivity contribution is 7.13. The maximum Gasteiger partial charge on any atom is 0.265 e. The highest BCUT2D eigenvalue weighted by Crippen LogP contribution is 2.30. The standard InChI is InChI=1S/C15H23N3OS/c1-3-4-14-16-9-13(20-14)15(19)18(2)12-7-10-5-6-11(8-12)17-10/h9-12,17H,3-8H2,1-2H3. The zero-order valence-corrected chi connectivity index (χ0v) is 13.1. The van der Waals surface area contributed by atoms with Gasteiger partial charge in [0, 0.05) is 25.2 Å². The monoisotopic (exact) mass is 293 g/mol. The summed E-state index contributed by atoms with van der Waals surface area (Å²) in [6.07, 6.45) is 8.53. The van der Waals surface area contributed by atoms with Crippen LogP contribution in [0.5, 0.6) is 0 Å². The number of carbonyl (C=O) groups excluding carboxylic acids is 1. The summed E-state index contributed by atoms with van der Waals surface area (Å²) in [5, 5.41) is 4.71. The Balaban J connectivity index is 1.66. The van der Waals surface area contributed by atoms with Crippen molar-refractivity contribution >= 4 is 17.2 Å². The Morgan fingerprint density at radius 2 is 2.15 bits per heavy atom. The van der Waals surface area contributed by atoms with Gasteiger partial charge in [-0.25, -0.2) is 4.98 Å². The first kappa shape index (κ1) is 14.0. The summed E-state index contributed by atoms with van der Waals surface area (Å²) in [6.45, 7) is 2.14. The molecule has 2 aliphatic rings. The Morgan fingerprint density at radius 3 is 2.80 bits per heavy atom. The van der Waals surface area contributed by atoms with Crippen molar-refractivity contribution < 1.29 is 4.79 Å². The zero-order chi connectivity index (χ0) is 14.1. The van der Waals surface area contributed by atoms with Gasteiger partial charge in [0.05, 0.1) is 11.2 Å². The number of piperidine rings is 1. The Labute approximate surface area is 124 Å². The van der Waals surface area contributed by atoms with Gasteiger partial charge < -0.3 is 10.2 Å². The predicted octanol–water partition coefficient (Wildman–Crippen LogP) is 2.45. The van der Waals surface area contributed by atoms with Crippen molar-refractivity contribution in [3.05, 3.63) is 16.1 Å². The van der Waals surface area contributed by atoms with Crippen LogP contribution in [0.15, 0.2) is 6.20 Å². The fourth-order valence-electron chi connectivity index (χ4n) is 3.42. The molecule has 1 N–H and O–H groups in total. The highest BCUT2D eigenvalue weighted by atomic mass is 32.1. The van der Waals surface area contributed by atoms with E-state index in [0.717, 1.165) is 35.6 Å². The van der Waals surface area contributed by atoms with Gasteiger partial charge in [0.25, 0.3) is 5.91 Å². The predicted molar refractivity (Wildman–Crippen MR) is 81.2 cm³/mol. The largest absolute Gasteiger partial charge is 0.338 e. The average molecular weight is 293 g/mol. The van der Waals surface area contributed by atoms with Crippen LogP contribution in [0.2, 0.25) is 0 Å². The van der Waals surface area contributed by atoms with Gasteiger partial charge >= 0.3 is 0 Å². The van der Waals surface area contributed by atoms with E-state index in [1.807, 2.05) is 11.9 Å². The lowest BCUT2D eigenvalue weighted by Gasteiger charge is -2.35. The summed E-state index contributed by atoms with van der Waals surface area (Å²) in [7, 11) is 1.96. The molecule has 2 fully saturated rings. The summed E-state index contributed by atoms with van der Waals surface area (Å²) in [4.78, 5) is 19.7. The smallest absolute Gasteiger partial charge is 0.265 e. The van der Waals surface area contributed by atoms with Gasteiger partial charge in [0.2, 0.25) is 0 Å². The van der Waals surface area contributed by atoms with Crippen molar-refractivity contribution in [1.29, 1.82) is 0 Å². The normalized spacial score (nSPS) is 28.6. The molecule has 0 saturated carbocycles. The molecular formula is C15H23N3OS. The second-order valence-corrected chi connectivity index (χ2v) is 7.16. The van der Waals surface area contributed by atoms with Crippen molar-refractivity contribution in [2.75, 3.05) is 7.05 Å². The number of nitrogens with zero attached hydrogens (tertiary/aromatic N) is 2.